The van der Waals surface area contributed by atoms with Gasteiger partial charge >= 0.3 is 0 Å². The largest absolute Gasteiger partial charge is 0.258 e. The van der Waals surface area contributed by atoms with Gasteiger partial charge in [0.2, 0.25) is 0 Å². The van der Waals surface area contributed by atoms with Crippen LogP contribution in [0.5, 0.6) is 0 Å². The molecule has 0 N–H and O–H groups in total. The second kappa shape index (κ2) is 4.41. The Morgan fingerprint density at radius 3 is 2.29 bits per heavy atom. The predicted molar refractivity (Wildman–Crippen MR) is 63.7 cm³/mol. The molecule has 0 saturated carbocycles. The molecule has 0 aromatic heterocycles. The van der Waals surface area contributed by atoms with Crippen LogP contribution >= 0.6 is 0 Å². The van der Waals surface area contributed by atoms with Crippen LogP contribution in [0.1, 0.15) is 44.7 Å². The molecule has 1 heteroatoms. The summed E-state index contributed by atoms with van der Waals surface area (Å²) in [6.07, 6.45) is 0. The predicted octanol–water partition coefficient (Wildman–Crippen LogP) is 4.23. The van der Waals surface area contributed by atoms with Gasteiger partial charge in [0.1, 0.15) is 0 Å². The lowest BCUT2D eigenvalue weighted by atomic mass is 10.0. The maximum atomic E-state index is 4.48. The summed E-state index contributed by atoms with van der Waals surface area (Å²) in [5.41, 5.74) is 4.84. The van der Waals surface area contributed by atoms with E-state index in [9.17, 15) is 0 Å². The third-order valence-electron chi connectivity index (χ3n) is 2.23. The van der Waals surface area contributed by atoms with Gasteiger partial charge in [-0.1, -0.05) is 26.0 Å². The molecule has 0 unspecified atom stereocenters. The monoisotopic (exact) mass is 189 g/mol. The fourth-order valence-corrected chi connectivity index (χ4v) is 1.40. The average molecular weight is 189 g/mol. The Hall–Kier alpha value is -1.11. The van der Waals surface area contributed by atoms with Crippen molar-refractivity contribution in [2.45, 2.75) is 40.5 Å². The van der Waals surface area contributed by atoms with Gasteiger partial charge in [0, 0.05) is 5.71 Å². The lowest BCUT2D eigenvalue weighted by Gasteiger charge is -2.08. The normalized spacial score (nSPS) is 10.4. The smallest absolute Gasteiger partial charge is 0.0658 e. The molecule has 0 bridgehead atoms. The average Bonchev–Trinajstić information content (AvgIpc) is 2.07. The summed E-state index contributed by atoms with van der Waals surface area (Å²) in [6.45, 7) is 10.6. The molecular formula is C13H19N. The third-order valence-corrected chi connectivity index (χ3v) is 2.23. The zero-order valence-corrected chi connectivity index (χ0v) is 9.76. The van der Waals surface area contributed by atoms with Gasteiger partial charge in [0.25, 0.3) is 0 Å². The lowest BCUT2D eigenvalue weighted by molar-refractivity contribution is 0.865. The molecule has 0 spiro atoms. The maximum Gasteiger partial charge on any atom is 0.0658 e. The van der Waals surface area contributed by atoms with Crippen LogP contribution in [0.4, 0.5) is 5.69 Å². The molecule has 0 heterocycles. The maximum absolute atomic E-state index is 4.48. The van der Waals surface area contributed by atoms with Crippen molar-refractivity contribution in [3.8, 4) is 0 Å². The molecule has 0 aliphatic heterocycles. The molecule has 0 saturated heterocycles. The SMILES string of the molecule is CC(C)=Nc1ccc(C(C)C)cc1C. The molecule has 1 nitrogen and oxygen atoms in total. The van der Waals surface area contributed by atoms with Gasteiger partial charge in [-0.25, -0.2) is 0 Å². The van der Waals surface area contributed by atoms with E-state index >= 15 is 0 Å². The Balaban J connectivity index is 3.08. The fraction of sp³-hybridized carbons (Fsp3) is 0.462. The van der Waals surface area contributed by atoms with Gasteiger partial charge in [-0.3, -0.25) is 4.99 Å². The van der Waals surface area contributed by atoms with E-state index in [0.717, 1.165) is 11.4 Å². The van der Waals surface area contributed by atoms with E-state index < -0.39 is 0 Å². The van der Waals surface area contributed by atoms with Gasteiger partial charge in [0.05, 0.1) is 5.69 Å². The fourth-order valence-electron chi connectivity index (χ4n) is 1.40. The first-order valence-electron chi connectivity index (χ1n) is 5.13. The highest BCUT2D eigenvalue weighted by atomic mass is 14.7. The number of hydrogen-bond donors (Lipinski definition) is 0. The van der Waals surface area contributed by atoms with Crippen LogP contribution in [0.25, 0.3) is 0 Å². The summed E-state index contributed by atoms with van der Waals surface area (Å²) >= 11 is 0. The third kappa shape index (κ3) is 2.69. The van der Waals surface area contributed by atoms with Crippen molar-refractivity contribution in [1.29, 1.82) is 0 Å². The van der Waals surface area contributed by atoms with Crippen molar-refractivity contribution in [2.75, 3.05) is 0 Å². The summed E-state index contributed by atoms with van der Waals surface area (Å²) in [4.78, 5) is 4.48. The van der Waals surface area contributed by atoms with Crippen molar-refractivity contribution in [2.24, 2.45) is 4.99 Å². The van der Waals surface area contributed by atoms with Gasteiger partial charge in [-0.05, 0) is 43.9 Å². The van der Waals surface area contributed by atoms with Crippen LogP contribution in [0.15, 0.2) is 23.2 Å². The molecule has 1 aromatic rings. The van der Waals surface area contributed by atoms with Crippen LogP contribution in [0.2, 0.25) is 0 Å². The highest BCUT2D eigenvalue weighted by molar-refractivity contribution is 5.82. The summed E-state index contributed by atoms with van der Waals surface area (Å²) in [5.74, 6) is 0.592. The first-order valence-corrected chi connectivity index (χ1v) is 5.13. The van der Waals surface area contributed by atoms with E-state index in [1.165, 1.54) is 11.1 Å². The van der Waals surface area contributed by atoms with Crippen LogP contribution < -0.4 is 0 Å². The Bertz CT molecular complexity index is 344. The summed E-state index contributed by atoms with van der Waals surface area (Å²) in [7, 11) is 0. The number of rotatable bonds is 2. The van der Waals surface area contributed by atoms with Crippen molar-refractivity contribution in [3.63, 3.8) is 0 Å². The Kier molecular flexibility index (Phi) is 3.45. The number of aryl methyl sites for hydroxylation is 1. The Morgan fingerprint density at radius 1 is 1.21 bits per heavy atom. The minimum Gasteiger partial charge on any atom is -0.258 e. The minimum absolute atomic E-state index is 0.592. The second-order valence-corrected chi connectivity index (χ2v) is 4.26. The van der Waals surface area contributed by atoms with E-state index in [1.807, 2.05) is 13.8 Å². The van der Waals surface area contributed by atoms with E-state index in [1.54, 1.807) is 0 Å². The molecular weight excluding hydrogens is 170 g/mol. The summed E-state index contributed by atoms with van der Waals surface area (Å²) in [5, 5.41) is 0. The lowest BCUT2D eigenvalue weighted by Crippen LogP contribution is -1.88. The van der Waals surface area contributed by atoms with Crippen LogP contribution in [-0.4, -0.2) is 5.71 Å². The topological polar surface area (TPSA) is 12.4 Å². The van der Waals surface area contributed by atoms with E-state index in [-0.39, 0.29) is 0 Å². The Morgan fingerprint density at radius 2 is 1.86 bits per heavy atom. The molecule has 1 aromatic carbocycles. The van der Waals surface area contributed by atoms with Crippen molar-refractivity contribution in [3.05, 3.63) is 29.3 Å². The molecule has 76 valence electrons. The second-order valence-electron chi connectivity index (χ2n) is 4.26. The summed E-state index contributed by atoms with van der Waals surface area (Å²) < 4.78 is 0. The van der Waals surface area contributed by atoms with E-state index in [2.05, 4.69) is 44.0 Å². The van der Waals surface area contributed by atoms with Crippen molar-refractivity contribution in [1.82, 2.24) is 0 Å². The standard InChI is InChI=1S/C13H19N/c1-9(2)12-6-7-13(11(5)8-12)14-10(3)4/h6-9H,1-5H3. The zero-order valence-electron chi connectivity index (χ0n) is 9.76. The van der Waals surface area contributed by atoms with Crippen LogP contribution in [-0.2, 0) is 0 Å². The number of aliphatic imine (C=N–C) groups is 1. The molecule has 0 radical (unpaired) electrons. The minimum atomic E-state index is 0.592. The zero-order chi connectivity index (χ0) is 10.7. The van der Waals surface area contributed by atoms with Crippen molar-refractivity contribution < 1.29 is 0 Å². The number of hydrogen-bond acceptors (Lipinski definition) is 1. The Labute approximate surface area is 86.9 Å². The molecule has 0 aliphatic carbocycles. The van der Waals surface area contributed by atoms with Crippen molar-refractivity contribution >= 4 is 11.4 Å². The highest BCUT2D eigenvalue weighted by Gasteiger charge is 2.01. The molecule has 0 amide bonds. The molecule has 0 fully saturated rings. The van der Waals surface area contributed by atoms with Crippen LogP contribution in [0.3, 0.4) is 0 Å². The molecule has 0 aliphatic rings. The first-order chi connectivity index (χ1) is 6.50. The van der Waals surface area contributed by atoms with Gasteiger partial charge in [0.15, 0.2) is 0 Å². The van der Waals surface area contributed by atoms with E-state index in [0.29, 0.717) is 5.92 Å². The summed E-state index contributed by atoms with van der Waals surface area (Å²) in [6, 6.07) is 6.50. The van der Waals surface area contributed by atoms with Gasteiger partial charge in [-0.15, -0.1) is 0 Å². The molecule has 14 heavy (non-hydrogen) atoms. The highest BCUT2D eigenvalue weighted by Crippen LogP contribution is 2.23. The van der Waals surface area contributed by atoms with Gasteiger partial charge < -0.3 is 0 Å². The quantitative estimate of drug-likeness (QED) is 0.617. The number of benzene rings is 1. The molecule has 0 atom stereocenters. The van der Waals surface area contributed by atoms with Crippen LogP contribution in [0, 0.1) is 6.92 Å². The first kappa shape index (κ1) is 11.0. The van der Waals surface area contributed by atoms with E-state index in [4.69, 9.17) is 0 Å². The van der Waals surface area contributed by atoms with Gasteiger partial charge in [-0.2, -0.15) is 0 Å². The molecule has 1 rings (SSSR count). The number of nitrogens with zero attached hydrogens (tertiary/aromatic N) is 1.